The Balaban J connectivity index is 1.78. The Labute approximate surface area is 177 Å². The average molecular weight is 412 g/mol. The first-order valence-corrected chi connectivity index (χ1v) is 10.4. The van der Waals surface area contributed by atoms with Crippen molar-refractivity contribution >= 4 is 17.6 Å². The first kappa shape index (κ1) is 21.4. The number of nitriles is 1. The number of rotatable bonds is 7. The maximum atomic E-state index is 12.6. The van der Waals surface area contributed by atoms with Gasteiger partial charge in [0.05, 0.1) is 25.4 Å². The number of benzene rings is 2. The summed E-state index contributed by atoms with van der Waals surface area (Å²) in [6, 6.07) is 19.8. The number of esters is 1. The van der Waals surface area contributed by atoms with Crippen LogP contribution >= 0.6 is 11.6 Å². The van der Waals surface area contributed by atoms with Crippen LogP contribution in [0.3, 0.4) is 0 Å². The van der Waals surface area contributed by atoms with Crippen molar-refractivity contribution in [2.45, 2.75) is 50.7 Å². The molecular formula is C24H26ClNO3. The predicted octanol–water partition coefficient (Wildman–Crippen LogP) is 5.44. The third-order valence-electron chi connectivity index (χ3n) is 5.78. The van der Waals surface area contributed by atoms with Crippen LogP contribution < -0.4 is 0 Å². The van der Waals surface area contributed by atoms with Crippen molar-refractivity contribution in [3.8, 4) is 6.07 Å². The molecule has 0 aliphatic heterocycles. The molecule has 5 heteroatoms. The zero-order chi connectivity index (χ0) is 20.7. The summed E-state index contributed by atoms with van der Waals surface area (Å²) in [6.45, 7) is 2.59. The zero-order valence-corrected chi connectivity index (χ0v) is 17.4. The molecule has 1 unspecified atom stereocenters. The van der Waals surface area contributed by atoms with Gasteiger partial charge in [-0.15, -0.1) is 0 Å². The summed E-state index contributed by atoms with van der Waals surface area (Å²) in [4.78, 5) is 12.6. The standard InChI is InChI=1S/C24H26ClNO3/c1-2-28-23(27)22(16-26)24(19-8-10-20(25)11-9-19)14-12-21(13-15-24)29-17-18-6-4-3-5-7-18/h3-11,21-22H,2,12-15,17H2,1H3. The molecule has 1 atom stereocenters. The molecule has 1 aliphatic rings. The first-order valence-electron chi connectivity index (χ1n) is 10.1. The highest BCUT2D eigenvalue weighted by atomic mass is 35.5. The first-order chi connectivity index (χ1) is 14.1. The normalized spacial score (nSPS) is 22.4. The quantitative estimate of drug-likeness (QED) is 0.569. The number of carbonyl (C=O) groups is 1. The lowest BCUT2D eigenvalue weighted by Gasteiger charge is -2.42. The second kappa shape index (κ2) is 9.91. The molecule has 2 aromatic rings. The number of carbonyl (C=O) groups excluding carboxylic acids is 1. The lowest BCUT2D eigenvalue weighted by Crippen LogP contribution is -2.44. The van der Waals surface area contributed by atoms with Crippen molar-refractivity contribution in [1.82, 2.24) is 0 Å². The topological polar surface area (TPSA) is 59.3 Å². The molecule has 29 heavy (non-hydrogen) atoms. The molecule has 1 fully saturated rings. The van der Waals surface area contributed by atoms with Crippen molar-refractivity contribution in [3.05, 3.63) is 70.7 Å². The van der Waals surface area contributed by atoms with Gasteiger partial charge in [-0.1, -0.05) is 54.1 Å². The Kier molecular flexibility index (Phi) is 7.30. The van der Waals surface area contributed by atoms with E-state index in [4.69, 9.17) is 21.1 Å². The van der Waals surface area contributed by atoms with Gasteiger partial charge in [0.25, 0.3) is 0 Å². The smallest absolute Gasteiger partial charge is 0.324 e. The number of hydrogen-bond acceptors (Lipinski definition) is 4. The Bertz CT molecular complexity index is 837. The van der Waals surface area contributed by atoms with Gasteiger partial charge in [0.1, 0.15) is 0 Å². The summed E-state index contributed by atoms with van der Waals surface area (Å²) in [5.74, 6) is -1.30. The predicted molar refractivity (Wildman–Crippen MR) is 112 cm³/mol. The van der Waals surface area contributed by atoms with E-state index in [9.17, 15) is 10.1 Å². The number of nitrogens with zero attached hydrogens (tertiary/aromatic N) is 1. The van der Waals surface area contributed by atoms with E-state index in [1.54, 1.807) is 6.92 Å². The fourth-order valence-electron chi connectivity index (χ4n) is 4.21. The SMILES string of the molecule is CCOC(=O)C(C#N)C1(c2ccc(Cl)cc2)CCC(OCc2ccccc2)CC1. The van der Waals surface area contributed by atoms with E-state index < -0.39 is 17.3 Å². The van der Waals surface area contributed by atoms with Crippen LogP contribution in [-0.4, -0.2) is 18.7 Å². The number of ether oxygens (including phenoxy) is 2. The molecule has 3 rings (SSSR count). The van der Waals surface area contributed by atoms with E-state index in [0.29, 0.717) is 24.5 Å². The van der Waals surface area contributed by atoms with Gasteiger partial charge in [-0.2, -0.15) is 5.26 Å². The van der Waals surface area contributed by atoms with Gasteiger partial charge in [0.2, 0.25) is 0 Å². The fourth-order valence-corrected chi connectivity index (χ4v) is 4.34. The van der Waals surface area contributed by atoms with Crippen LogP contribution in [0.4, 0.5) is 0 Å². The molecule has 0 spiro atoms. The minimum Gasteiger partial charge on any atom is -0.465 e. The third-order valence-corrected chi connectivity index (χ3v) is 6.03. The van der Waals surface area contributed by atoms with Crippen LogP contribution in [0.15, 0.2) is 54.6 Å². The van der Waals surface area contributed by atoms with Crippen LogP contribution in [-0.2, 0) is 26.3 Å². The molecule has 1 saturated carbocycles. The minimum absolute atomic E-state index is 0.108. The number of halogens is 1. The van der Waals surface area contributed by atoms with Crippen molar-refractivity contribution in [3.63, 3.8) is 0 Å². The molecule has 0 heterocycles. The molecule has 0 bridgehead atoms. The molecule has 0 aromatic heterocycles. The molecular weight excluding hydrogens is 386 g/mol. The van der Waals surface area contributed by atoms with E-state index in [0.717, 1.165) is 24.0 Å². The van der Waals surface area contributed by atoms with Crippen LogP contribution in [0.1, 0.15) is 43.7 Å². The van der Waals surface area contributed by atoms with Gasteiger partial charge < -0.3 is 9.47 Å². The summed E-state index contributed by atoms with van der Waals surface area (Å²) < 4.78 is 11.4. The second-order valence-electron chi connectivity index (χ2n) is 7.47. The molecule has 0 radical (unpaired) electrons. The van der Waals surface area contributed by atoms with Crippen molar-refractivity contribution in [2.75, 3.05) is 6.61 Å². The highest BCUT2D eigenvalue weighted by Crippen LogP contribution is 2.46. The average Bonchev–Trinajstić information content (AvgIpc) is 2.75. The summed E-state index contributed by atoms with van der Waals surface area (Å²) in [7, 11) is 0. The van der Waals surface area contributed by atoms with Gasteiger partial charge in [-0.3, -0.25) is 4.79 Å². The largest absolute Gasteiger partial charge is 0.465 e. The van der Waals surface area contributed by atoms with E-state index in [1.165, 1.54) is 0 Å². The van der Waals surface area contributed by atoms with E-state index in [1.807, 2.05) is 54.6 Å². The van der Waals surface area contributed by atoms with Gasteiger partial charge in [0, 0.05) is 10.4 Å². The van der Waals surface area contributed by atoms with Crippen molar-refractivity contribution in [1.29, 1.82) is 5.26 Å². The summed E-state index contributed by atoms with van der Waals surface area (Å²) in [5.41, 5.74) is 1.52. The lowest BCUT2D eigenvalue weighted by atomic mass is 9.62. The maximum absolute atomic E-state index is 12.6. The lowest BCUT2D eigenvalue weighted by molar-refractivity contribution is -0.149. The van der Waals surface area contributed by atoms with Crippen LogP contribution in [0, 0.1) is 17.2 Å². The zero-order valence-electron chi connectivity index (χ0n) is 16.6. The maximum Gasteiger partial charge on any atom is 0.324 e. The highest BCUT2D eigenvalue weighted by molar-refractivity contribution is 6.30. The Morgan fingerprint density at radius 1 is 1.17 bits per heavy atom. The fraction of sp³-hybridized carbons (Fsp3) is 0.417. The number of hydrogen-bond donors (Lipinski definition) is 0. The van der Waals surface area contributed by atoms with Gasteiger partial charge in [-0.05, 0) is 55.9 Å². The molecule has 4 nitrogen and oxygen atoms in total. The minimum atomic E-state index is -0.848. The third kappa shape index (κ3) is 4.98. The molecule has 2 aromatic carbocycles. The molecule has 1 aliphatic carbocycles. The molecule has 152 valence electrons. The van der Waals surface area contributed by atoms with Crippen molar-refractivity contribution < 1.29 is 14.3 Å². The highest BCUT2D eigenvalue weighted by Gasteiger charge is 2.48. The summed E-state index contributed by atoms with van der Waals surface area (Å²) in [6.07, 6.45) is 3.05. The van der Waals surface area contributed by atoms with E-state index >= 15 is 0 Å². The monoisotopic (exact) mass is 411 g/mol. The van der Waals surface area contributed by atoms with Gasteiger partial charge in [0.15, 0.2) is 5.92 Å². The Morgan fingerprint density at radius 3 is 2.41 bits per heavy atom. The van der Waals surface area contributed by atoms with Crippen LogP contribution in [0.2, 0.25) is 5.02 Å². The van der Waals surface area contributed by atoms with E-state index in [-0.39, 0.29) is 12.7 Å². The van der Waals surface area contributed by atoms with Crippen LogP contribution in [0.5, 0.6) is 0 Å². The van der Waals surface area contributed by atoms with Crippen molar-refractivity contribution in [2.24, 2.45) is 5.92 Å². The molecule has 0 saturated heterocycles. The molecule has 0 N–H and O–H groups in total. The van der Waals surface area contributed by atoms with Gasteiger partial charge >= 0.3 is 5.97 Å². The summed E-state index contributed by atoms with van der Waals surface area (Å²) in [5, 5.41) is 10.5. The molecule has 0 amide bonds. The Hall–Kier alpha value is -2.35. The summed E-state index contributed by atoms with van der Waals surface area (Å²) >= 11 is 6.07. The van der Waals surface area contributed by atoms with E-state index in [2.05, 4.69) is 6.07 Å². The van der Waals surface area contributed by atoms with Crippen LogP contribution in [0.25, 0.3) is 0 Å². The Morgan fingerprint density at radius 2 is 1.83 bits per heavy atom. The van der Waals surface area contributed by atoms with Gasteiger partial charge in [-0.25, -0.2) is 0 Å². The second-order valence-corrected chi connectivity index (χ2v) is 7.91.